The van der Waals surface area contributed by atoms with E-state index < -0.39 is 12.0 Å². The molecule has 5 heteroatoms. The SMILES string of the molecule is O=C(O)C1CCCCCN1C(=O)[C@@H]1CCCNC1. The first-order chi connectivity index (χ1) is 8.70. The van der Waals surface area contributed by atoms with Gasteiger partial charge in [-0.3, -0.25) is 4.79 Å². The molecule has 0 spiro atoms. The first kappa shape index (κ1) is 13.3. The molecule has 2 heterocycles. The van der Waals surface area contributed by atoms with E-state index in [2.05, 4.69) is 5.32 Å². The monoisotopic (exact) mass is 254 g/mol. The first-order valence-electron chi connectivity index (χ1n) is 6.94. The van der Waals surface area contributed by atoms with Crippen molar-refractivity contribution in [3.05, 3.63) is 0 Å². The van der Waals surface area contributed by atoms with E-state index >= 15 is 0 Å². The van der Waals surface area contributed by atoms with Gasteiger partial charge in [-0.25, -0.2) is 4.79 Å². The molecule has 2 rings (SSSR count). The van der Waals surface area contributed by atoms with Gasteiger partial charge in [-0.05, 0) is 32.2 Å². The number of carbonyl (C=O) groups excluding carboxylic acids is 1. The van der Waals surface area contributed by atoms with E-state index in [0.29, 0.717) is 19.5 Å². The Kier molecular flexibility index (Phi) is 4.58. The van der Waals surface area contributed by atoms with Crippen LogP contribution in [0.3, 0.4) is 0 Å². The van der Waals surface area contributed by atoms with E-state index in [1.165, 1.54) is 0 Å². The lowest BCUT2D eigenvalue weighted by molar-refractivity contribution is -0.152. The zero-order valence-corrected chi connectivity index (χ0v) is 10.7. The Labute approximate surface area is 108 Å². The summed E-state index contributed by atoms with van der Waals surface area (Å²) >= 11 is 0. The maximum atomic E-state index is 12.4. The Bertz CT molecular complexity index is 313. The van der Waals surface area contributed by atoms with Crippen LogP contribution in [0, 0.1) is 5.92 Å². The lowest BCUT2D eigenvalue weighted by Crippen LogP contribution is -2.50. The van der Waals surface area contributed by atoms with Crippen LogP contribution in [0.5, 0.6) is 0 Å². The quantitative estimate of drug-likeness (QED) is 0.766. The summed E-state index contributed by atoms with van der Waals surface area (Å²) in [6.45, 7) is 2.26. The van der Waals surface area contributed by atoms with Crippen LogP contribution in [0.4, 0.5) is 0 Å². The summed E-state index contributed by atoms with van der Waals surface area (Å²) in [6.07, 6.45) is 5.34. The zero-order chi connectivity index (χ0) is 13.0. The number of aliphatic carboxylic acids is 1. The predicted molar refractivity (Wildman–Crippen MR) is 67.2 cm³/mol. The third-order valence-corrected chi connectivity index (χ3v) is 3.97. The summed E-state index contributed by atoms with van der Waals surface area (Å²) in [6, 6.07) is -0.609. The molecule has 0 aliphatic carbocycles. The molecule has 2 fully saturated rings. The van der Waals surface area contributed by atoms with Gasteiger partial charge in [0.15, 0.2) is 0 Å². The lowest BCUT2D eigenvalue weighted by atomic mass is 9.97. The van der Waals surface area contributed by atoms with Crippen LogP contribution in [0.25, 0.3) is 0 Å². The topological polar surface area (TPSA) is 69.6 Å². The molecule has 2 atom stereocenters. The fraction of sp³-hybridized carbons (Fsp3) is 0.846. The van der Waals surface area contributed by atoms with E-state index in [1.54, 1.807) is 4.90 Å². The van der Waals surface area contributed by atoms with Gasteiger partial charge in [-0.2, -0.15) is 0 Å². The molecule has 0 radical (unpaired) electrons. The second-order valence-electron chi connectivity index (χ2n) is 5.28. The number of piperidine rings is 1. The summed E-state index contributed by atoms with van der Waals surface area (Å²) in [7, 11) is 0. The molecule has 2 saturated heterocycles. The van der Waals surface area contributed by atoms with Crippen LogP contribution in [-0.4, -0.2) is 47.6 Å². The van der Waals surface area contributed by atoms with Crippen molar-refractivity contribution in [2.24, 2.45) is 5.92 Å². The molecular weight excluding hydrogens is 232 g/mol. The Morgan fingerprint density at radius 3 is 2.61 bits per heavy atom. The van der Waals surface area contributed by atoms with Crippen LogP contribution < -0.4 is 5.32 Å². The summed E-state index contributed by atoms with van der Waals surface area (Å²) < 4.78 is 0. The minimum Gasteiger partial charge on any atom is -0.480 e. The highest BCUT2D eigenvalue weighted by Gasteiger charge is 2.34. The largest absolute Gasteiger partial charge is 0.480 e. The molecule has 1 amide bonds. The van der Waals surface area contributed by atoms with Gasteiger partial charge in [0, 0.05) is 13.1 Å². The minimum atomic E-state index is -0.853. The van der Waals surface area contributed by atoms with Crippen LogP contribution in [0.15, 0.2) is 0 Å². The number of hydrogen-bond donors (Lipinski definition) is 2. The summed E-state index contributed by atoms with van der Waals surface area (Å²) in [5.74, 6) is -0.843. The van der Waals surface area contributed by atoms with Crippen LogP contribution in [-0.2, 0) is 9.59 Å². The molecular formula is C13H22N2O3. The highest BCUT2D eigenvalue weighted by atomic mass is 16.4. The third kappa shape index (κ3) is 3.02. The third-order valence-electron chi connectivity index (χ3n) is 3.97. The maximum absolute atomic E-state index is 12.4. The number of likely N-dealkylation sites (tertiary alicyclic amines) is 1. The van der Waals surface area contributed by atoms with Crippen LogP contribution >= 0.6 is 0 Å². The maximum Gasteiger partial charge on any atom is 0.326 e. The van der Waals surface area contributed by atoms with Crippen molar-refractivity contribution < 1.29 is 14.7 Å². The van der Waals surface area contributed by atoms with Crippen molar-refractivity contribution >= 4 is 11.9 Å². The van der Waals surface area contributed by atoms with E-state index in [4.69, 9.17) is 0 Å². The number of amides is 1. The number of rotatable bonds is 2. The standard InChI is InChI=1S/C13H22N2O3/c16-12(10-5-4-7-14-9-10)15-8-3-1-2-6-11(15)13(17)18/h10-11,14H,1-9H2,(H,17,18)/t10-,11?/m1/s1. The highest BCUT2D eigenvalue weighted by Crippen LogP contribution is 2.21. The van der Waals surface area contributed by atoms with Gasteiger partial charge in [-0.1, -0.05) is 12.8 Å². The smallest absolute Gasteiger partial charge is 0.326 e. The molecule has 102 valence electrons. The van der Waals surface area contributed by atoms with Crippen LogP contribution in [0.2, 0.25) is 0 Å². The van der Waals surface area contributed by atoms with E-state index in [1.807, 2.05) is 0 Å². The molecule has 1 unspecified atom stereocenters. The van der Waals surface area contributed by atoms with Crippen molar-refractivity contribution in [3.8, 4) is 0 Å². The number of nitrogens with one attached hydrogen (secondary N) is 1. The summed E-state index contributed by atoms with van der Waals surface area (Å²) in [5, 5.41) is 12.5. The number of carboxylic acid groups (broad SMARTS) is 1. The van der Waals surface area contributed by atoms with E-state index in [0.717, 1.165) is 38.6 Å². The number of carbonyl (C=O) groups is 2. The average Bonchev–Trinajstić information content (AvgIpc) is 2.64. The summed E-state index contributed by atoms with van der Waals surface area (Å²) in [5.41, 5.74) is 0. The van der Waals surface area contributed by atoms with Crippen molar-refractivity contribution in [1.82, 2.24) is 10.2 Å². The van der Waals surface area contributed by atoms with Gasteiger partial charge in [0.25, 0.3) is 0 Å². The molecule has 0 aromatic heterocycles. The van der Waals surface area contributed by atoms with Crippen LogP contribution in [0.1, 0.15) is 38.5 Å². The van der Waals surface area contributed by atoms with Crippen molar-refractivity contribution in [3.63, 3.8) is 0 Å². The van der Waals surface area contributed by atoms with Gasteiger partial charge in [-0.15, -0.1) is 0 Å². The molecule has 5 nitrogen and oxygen atoms in total. The molecule has 0 saturated carbocycles. The molecule has 18 heavy (non-hydrogen) atoms. The predicted octanol–water partition coefficient (Wildman–Crippen LogP) is 0.842. The van der Waals surface area contributed by atoms with Gasteiger partial charge in [0.2, 0.25) is 5.91 Å². The van der Waals surface area contributed by atoms with E-state index in [9.17, 15) is 14.7 Å². The molecule has 2 N–H and O–H groups in total. The number of nitrogens with zero attached hydrogens (tertiary/aromatic N) is 1. The molecule has 0 aromatic rings. The lowest BCUT2D eigenvalue weighted by Gasteiger charge is -2.32. The number of carboxylic acids is 1. The Morgan fingerprint density at radius 1 is 1.11 bits per heavy atom. The van der Waals surface area contributed by atoms with Gasteiger partial charge in [0.1, 0.15) is 6.04 Å². The Balaban J connectivity index is 2.06. The highest BCUT2D eigenvalue weighted by molar-refractivity contribution is 5.85. The van der Waals surface area contributed by atoms with Crippen molar-refractivity contribution in [2.75, 3.05) is 19.6 Å². The Morgan fingerprint density at radius 2 is 1.94 bits per heavy atom. The van der Waals surface area contributed by atoms with Gasteiger partial charge >= 0.3 is 5.97 Å². The number of hydrogen-bond acceptors (Lipinski definition) is 3. The normalized spacial score (nSPS) is 29.7. The molecule has 0 bridgehead atoms. The molecule has 2 aliphatic heterocycles. The fourth-order valence-electron chi connectivity index (χ4n) is 2.93. The van der Waals surface area contributed by atoms with Crippen molar-refractivity contribution in [1.29, 1.82) is 0 Å². The second kappa shape index (κ2) is 6.18. The fourth-order valence-corrected chi connectivity index (χ4v) is 2.93. The van der Waals surface area contributed by atoms with Gasteiger partial charge < -0.3 is 15.3 Å². The molecule has 2 aliphatic rings. The average molecular weight is 254 g/mol. The zero-order valence-electron chi connectivity index (χ0n) is 10.7. The Hall–Kier alpha value is -1.10. The second-order valence-corrected chi connectivity index (χ2v) is 5.28. The minimum absolute atomic E-state index is 0.0290. The first-order valence-corrected chi connectivity index (χ1v) is 6.94. The summed E-state index contributed by atoms with van der Waals surface area (Å²) in [4.78, 5) is 25.4. The van der Waals surface area contributed by atoms with Crippen molar-refractivity contribution in [2.45, 2.75) is 44.6 Å². The van der Waals surface area contributed by atoms with E-state index in [-0.39, 0.29) is 11.8 Å². The molecule has 0 aromatic carbocycles. The van der Waals surface area contributed by atoms with Gasteiger partial charge in [0.05, 0.1) is 5.92 Å².